The summed E-state index contributed by atoms with van der Waals surface area (Å²) in [6.45, 7) is 3.34. The van der Waals surface area contributed by atoms with Gasteiger partial charge >= 0.3 is 0 Å². The number of hydrogen-bond acceptors (Lipinski definition) is 7. The molecule has 0 aliphatic heterocycles. The smallest absolute Gasteiger partial charge is 0.274 e. The average Bonchev–Trinajstić information content (AvgIpc) is 3.57. The molecule has 1 amide bonds. The number of pyridine rings is 3. The summed E-state index contributed by atoms with van der Waals surface area (Å²) in [6.07, 6.45) is 5.76. The van der Waals surface area contributed by atoms with E-state index in [9.17, 15) is 9.59 Å². The largest absolute Gasteiger partial charge is 0.439 e. The van der Waals surface area contributed by atoms with Crippen LogP contribution in [0.5, 0.6) is 11.6 Å². The molecule has 1 aliphatic rings. The highest BCUT2D eigenvalue weighted by atomic mass is 16.5. The van der Waals surface area contributed by atoms with Gasteiger partial charge in [-0.1, -0.05) is 0 Å². The first-order valence-corrected chi connectivity index (χ1v) is 11.0. The van der Waals surface area contributed by atoms with Crippen molar-refractivity contribution >= 4 is 34.5 Å². The Morgan fingerprint density at radius 3 is 2.71 bits per heavy atom. The van der Waals surface area contributed by atoms with E-state index in [0.29, 0.717) is 46.2 Å². The molecular weight excluding hydrogens is 434 g/mol. The number of fused-ring (bicyclic) bond motifs is 1. The van der Waals surface area contributed by atoms with E-state index in [0.717, 1.165) is 24.0 Å². The Hall–Kier alpha value is -4.21. The van der Waals surface area contributed by atoms with Gasteiger partial charge in [0.2, 0.25) is 17.7 Å². The minimum atomic E-state index is -0.215. The van der Waals surface area contributed by atoms with E-state index >= 15 is 0 Å². The molecule has 1 fully saturated rings. The number of aryl methyl sites for hydroxylation is 3. The molecule has 0 unspecified atom stereocenters. The molecular formula is C24H25N7O3. The van der Waals surface area contributed by atoms with Gasteiger partial charge in [-0.2, -0.15) is 4.98 Å². The Morgan fingerprint density at radius 2 is 1.97 bits per heavy atom. The third kappa shape index (κ3) is 4.21. The quantitative estimate of drug-likeness (QED) is 0.451. The van der Waals surface area contributed by atoms with Gasteiger partial charge in [-0.05, 0) is 48.9 Å². The van der Waals surface area contributed by atoms with Crippen molar-refractivity contribution in [2.45, 2.75) is 32.6 Å². The van der Waals surface area contributed by atoms with Crippen LogP contribution in [0.25, 0.3) is 11.2 Å². The number of carbonyl (C=O) groups excluding carboxylic acids is 1. The van der Waals surface area contributed by atoms with Crippen LogP contribution in [-0.2, 0) is 18.9 Å². The van der Waals surface area contributed by atoms with E-state index in [1.807, 2.05) is 26.2 Å². The highest BCUT2D eigenvalue weighted by molar-refractivity contribution is 5.87. The Morgan fingerprint density at radius 1 is 1.18 bits per heavy atom. The summed E-state index contributed by atoms with van der Waals surface area (Å²) in [5.41, 5.74) is 3.73. The molecule has 0 spiro atoms. The molecule has 10 heteroatoms. The van der Waals surface area contributed by atoms with Gasteiger partial charge in [0.05, 0.1) is 0 Å². The first-order valence-electron chi connectivity index (χ1n) is 11.0. The fraction of sp³-hybridized carbons (Fsp3) is 0.292. The van der Waals surface area contributed by atoms with Crippen molar-refractivity contribution in [2.75, 3.05) is 10.6 Å². The second-order valence-corrected chi connectivity index (χ2v) is 8.61. The topological polar surface area (TPSA) is 116 Å². The normalized spacial score (nSPS) is 13.2. The fourth-order valence-electron chi connectivity index (χ4n) is 3.87. The van der Waals surface area contributed by atoms with Gasteiger partial charge in [-0.15, -0.1) is 0 Å². The van der Waals surface area contributed by atoms with Crippen molar-refractivity contribution < 1.29 is 9.53 Å². The van der Waals surface area contributed by atoms with Gasteiger partial charge in [0, 0.05) is 45.5 Å². The number of ether oxygens (including phenoxy) is 1. The Bertz CT molecular complexity index is 1480. The van der Waals surface area contributed by atoms with Crippen LogP contribution in [0.15, 0.2) is 41.5 Å². The number of nitrogens with one attached hydrogen (secondary N) is 2. The zero-order chi connectivity index (χ0) is 24.0. The minimum absolute atomic E-state index is 0.113. The van der Waals surface area contributed by atoms with E-state index in [2.05, 4.69) is 20.6 Å². The molecule has 1 aliphatic carbocycles. The van der Waals surface area contributed by atoms with Crippen LogP contribution >= 0.6 is 0 Å². The lowest BCUT2D eigenvalue weighted by atomic mass is 10.2. The third-order valence-electron chi connectivity index (χ3n) is 5.75. The number of imidazole rings is 1. The van der Waals surface area contributed by atoms with Gasteiger partial charge in [-0.25, -0.2) is 9.97 Å². The maximum atomic E-state index is 12.7. The second-order valence-electron chi connectivity index (χ2n) is 8.61. The van der Waals surface area contributed by atoms with E-state index < -0.39 is 0 Å². The molecule has 2 N–H and O–H groups in total. The Kier molecular flexibility index (Phi) is 5.27. The molecule has 174 valence electrons. The molecule has 0 aromatic carbocycles. The second kappa shape index (κ2) is 8.29. The van der Waals surface area contributed by atoms with Crippen molar-refractivity contribution in [3.8, 4) is 11.6 Å². The summed E-state index contributed by atoms with van der Waals surface area (Å²) in [4.78, 5) is 37.4. The first-order chi connectivity index (χ1) is 16.3. The van der Waals surface area contributed by atoms with E-state index in [1.165, 1.54) is 6.92 Å². The molecule has 5 rings (SSSR count). The predicted octanol–water partition coefficient (Wildman–Crippen LogP) is 3.74. The van der Waals surface area contributed by atoms with Gasteiger partial charge in [0.1, 0.15) is 22.8 Å². The molecule has 4 aromatic rings. The van der Waals surface area contributed by atoms with Gasteiger partial charge in [0.25, 0.3) is 5.56 Å². The molecule has 1 saturated carbocycles. The fourth-order valence-corrected chi connectivity index (χ4v) is 3.87. The van der Waals surface area contributed by atoms with Crippen molar-refractivity contribution in [3.05, 3.63) is 58.1 Å². The summed E-state index contributed by atoms with van der Waals surface area (Å²) < 4.78 is 9.35. The molecule has 10 nitrogen and oxygen atoms in total. The van der Waals surface area contributed by atoms with Crippen LogP contribution in [0.2, 0.25) is 0 Å². The number of amides is 1. The summed E-state index contributed by atoms with van der Waals surface area (Å²) >= 11 is 0. The standard InChI is InChI=1S/C24H25N7O3/c1-13-9-20(34-17-7-8-25-19(11-17)26-14(2)32)28-22-21(13)29-24(31(22)4)27-18-10-16(15-5-6-15)12-30(3)23(18)33/h7-12,15H,5-6H2,1-4H3,(H,27,29)(H,25,26,32). The number of rotatable bonds is 6. The van der Waals surface area contributed by atoms with Crippen molar-refractivity contribution in [3.63, 3.8) is 0 Å². The minimum Gasteiger partial charge on any atom is -0.439 e. The number of carbonyl (C=O) groups is 1. The van der Waals surface area contributed by atoms with E-state index in [1.54, 1.807) is 40.6 Å². The van der Waals surface area contributed by atoms with Crippen LogP contribution < -0.4 is 20.9 Å². The number of anilines is 3. The van der Waals surface area contributed by atoms with Crippen LogP contribution in [0.1, 0.15) is 36.8 Å². The van der Waals surface area contributed by atoms with Crippen LogP contribution in [0.3, 0.4) is 0 Å². The van der Waals surface area contributed by atoms with E-state index in [-0.39, 0.29) is 11.5 Å². The molecule has 0 atom stereocenters. The summed E-state index contributed by atoms with van der Waals surface area (Å²) in [6, 6.07) is 7.03. The lowest BCUT2D eigenvalue weighted by Gasteiger charge is -2.10. The maximum absolute atomic E-state index is 12.7. The first kappa shape index (κ1) is 21.6. The van der Waals surface area contributed by atoms with E-state index in [4.69, 9.17) is 9.72 Å². The van der Waals surface area contributed by atoms with Crippen LogP contribution in [0, 0.1) is 6.92 Å². The van der Waals surface area contributed by atoms with Crippen molar-refractivity contribution in [1.82, 2.24) is 24.1 Å². The lowest BCUT2D eigenvalue weighted by Crippen LogP contribution is -2.20. The SMILES string of the molecule is CC(=O)Nc1cc(Oc2cc(C)c3nc(Nc4cc(C5CC5)cn(C)c4=O)n(C)c3n2)ccn1. The van der Waals surface area contributed by atoms with Gasteiger partial charge in [-0.3, -0.25) is 14.2 Å². The number of nitrogens with zero attached hydrogens (tertiary/aromatic N) is 5. The highest BCUT2D eigenvalue weighted by Gasteiger charge is 2.25. The Labute approximate surface area is 195 Å². The molecule has 0 bridgehead atoms. The van der Waals surface area contributed by atoms with Gasteiger partial charge < -0.3 is 19.9 Å². The number of hydrogen-bond donors (Lipinski definition) is 2. The predicted molar refractivity (Wildman–Crippen MR) is 129 cm³/mol. The summed E-state index contributed by atoms with van der Waals surface area (Å²) in [7, 11) is 3.60. The molecule has 0 saturated heterocycles. The molecule has 4 heterocycles. The number of aromatic nitrogens is 5. The molecule has 34 heavy (non-hydrogen) atoms. The lowest BCUT2D eigenvalue weighted by molar-refractivity contribution is -0.114. The summed E-state index contributed by atoms with van der Waals surface area (Å²) in [5.74, 6) is 2.09. The monoisotopic (exact) mass is 459 g/mol. The van der Waals surface area contributed by atoms with Crippen LogP contribution in [0.4, 0.5) is 17.5 Å². The zero-order valence-corrected chi connectivity index (χ0v) is 19.4. The summed E-state index contributed by atoms with van der Waals surface area (Å²) in [5, 5.41) is 5.84. The third-order valence-corrected chi connectivity index (χ3v) is 5.75. The molecule has 0 radical (unpaired) electrons. The highest BCUT2D eigenvalue weighted by Crippen LogP contribution is 2.40. The van der Waals surface area contributed by atoms with Crippen molar-refractivity contribution in [1.29, 1.82) is 0 Å². The van der Waals surface area contributed by atoms with Gasteiger partial charge in [0.15, 0.2) is 5.65 Å². The molecule has 4 aromatic heterocycles. The zero-order valence-electron chi connectivity index (χ0n) is 19.4. The van der Waals surface area contributed by atoms with Crippen LogP contribution in [-0.4, -0.2) is 30.0 Å². The maximum Gasteiger partial charge on any atom is 0.274 e. The Balaban J connectivity index is 1.47. The average molecular weight is 460 g/mol. The van der Waals surface area contributed by atoms with Crippen molar-refractivity contribution in [2.24, 2.45) is 14.1 Å².